The summed E-state index contributed by atoms with van der Waals surface area (Å²) >= 11 is 0. The van der Waals surface area contributed by atoms with Crippen LogP contribution in [-0.4, -0.2) is 41.5 Å². The molecule has 0 aliphatic rings. The minimum Gasteiger partial charge on any atom is -0.355 e. The van der Waals surface area contributed by atoms with Crippen molar-refractivity contribution < 1.29 is 14.4 Å². The summed E-state index contributed by atoms with van der Waals surface area (Å²) in [6.07, 6.45) is 2.94. The summed E-state index contributed by atoms with van der Waals surface area (Å²) in [4.78, 5) is 31.0. The first-order valence-electron chi connectivity index (χ1n) is 11.5. The van der Waals surface area contributed by atoms with Crippen molar-refractivity contribution in [3.8, 4) is 0 Å². The van der Waals surface area contributed by atoms with Crippen LogP contribution in [0, 0.1) is 0 Å². The van der Waals surface area contributed by atoms with Crippen molar-refractivity contribution in [3.63, 3.8) is 0 Å². The number of carbonyl (C=O) groups is 1. The van der Waals surface area contributed by atoms with Gasteiger partial charge in [-0.3, -0.25) is 9.63 Å². The Morgan fingerprint density at radius 1 is 1.00 bits per heavy atom. The van der Waals surface area contributed by atoms with Crippen molar-refractivity contribution in [2.24, 2.45) is 0 Å². The zero-order valence-electron chi connectivity index (χ0n) is 20.1. The summed E-state index contributed by atoms with van der Waals surface area (Å²) in [5.74, 6) is 1.09. The summed E-state index contributed by atoms with van der Waals surface area (Å²) in [6, 6.07) is 21.3. The fraction of sp³-hybridized carbons (Fsp3) is 0.259. The normalized spacial score (nSPS) is 11.9. The van der Waals surface area contributed by atoms with Gasteiger partial charge in [0.1, 0.15) is 0 Å². The van der Waals surface area contributed by atoms with Gasteiger partial charge < -0.3 is 10.1 Å². The van der Waals surface area contributed by atoms with Gasteiger partial charge in [0.2, 0.25) is 5.95 Å². The van der Waals surface area contributed by atoms with E-state index in [1.807, 2.05) is 66.7 Å². The number of nitrogens with one attached hydrogen (secondary N) is 1. The molecule has 4 rings (SSSR count). The molecule has 0 spiro atoms. The number of anilines is 2. The van der Waals surface area contributed by atoms with Crippen LogP contribution in [0.3, 0.4) is 0 Å². The van der Waals surface area contributed by atoms with Crippen LogP contribution in [0.15, 0.2) is 72.9 Å². The smallest absolute Gasteiger partial charge is 0.226 e. The number of hydroxylamine groups is 1. The summed E-state index contributed by atoms with van der Waals surface area (Å²) in [7, 11) is 3.22. The van der Waals surface area contributed by atoms with Crippen LogP contribution < -0.4 is 10.4 Å². The third-order valence-corrected chi connectivity index (χ3v) is 5.66. The maximum atomic E-state index is 11.5. The minimum atomic E-state index is -0.509. The molecule has 0 aliphatic heterocycles. The first-order valence-corrected chi connectivity index (χ1v) is 11.5. The summed E-state index contributed by atoms with van der Waals surface area (Å²) in [5, 5.41) is 5.69. The van der Waals surface area contributed by atoms with Gasteiger partial charge in [-0.15, -0.1) is 0 Å². The number of aromatic nitrogens is 3. The van der Waals surface area contributed by atoms with Gasteiger partial charge in [-0.05, 0) is 37.5 Å². The van der Waals surface area contributed by atoms with Gasteiger partial charge in [-0.1, -0.05) is 54.6 Å². The topological polar surface area (TPSA) is 89.5 Å². The monoisotopic (exact) mass is 471 g/mol. The van der Waals surface area contributed by atoms with Crippen molar-refractivity contribution in [2.75, 3.05) is 31.1 Å². The van der Waals surface area contributed by atoms with Gasteiger partial charge in [0, 0.05) is 31.0 Å². The molecule has 2 aromatic carbocycles. The zero-order chi connectivity index (χ0) is 24.6. The number of fused-ring (bicyclic) bond motifs is 1. The van der Waals surface area contributed by atoms with Gasteiger partial charge in [0.25, 0.3) is 0 Å². The average Bonchev–Trinajstić information content (AvgIpc) is 2.90. The molecule has 0 aliphatic carbocycles. The molecule has 0 fully saturated rings. The first kappa shape index (κ1) is 24.3. The van der Waals surface area contributed by atoms with Crippen LogP contribution in [0.25, 0.3) is 11.0 Å². The highest BCUT2D eigenvalue weighted by atomic mass is 16.7. The Bertz CT molecular complexity index is 1270. The standard InChI is InChI=1S/C27H29N5O3/c1-19(33)21-15-13-20(14-16-21)9-7-18-29-27-30-24-23(12-8-17-28-24)25(31-27)32(35-3)26(34-2)22-10-5-4-6-11-22/h4-6,8,10-17,26H,7,9,18H2,1-3H3,(H,28,29,30,31). The van der Waals surface area contributed by atoms with Crippen LogP contribution in [0.4, 0.5) is 11.8 Å². The Morgan fingerprint density at radius 2 is 1.77 bits per heavy atom. The fourth-order valence-electron chi connectivity index (χ4n) is 3.87. The third kappa shape index (κ3) is 5.79. The quantitative estimate of drug-likeness (QED) is 0.142. The predicted molar refractivity (Wildman–Crippen MR) is 136 cm³/mol. The Morgan fingerprint density at radius 3 is 2.46 bits per heavy atom. The molecule has 35 heavy (non-hydrogen) atoms. The third-order valence-electron chi connectivity index (χ3n) is 5.66. The van der Waals surface area contributed by atoms with E-state index in [1.165, 1.54) is 5.56 Å². The lowest BCUT2D eigenvalue weighted by Gasteiger charge is -2.30. The lowest BCUT2D eigenvalue weighted by molar-refractivity contribution is 0.00159. The molecule has 0 amide bonds. The maximum absolute atomic E-state index is 11.5. The van der Waals surface area contributed by atoms with Gasteiger partial charge in [-0.25, -0.2) is 10.0 Å². The second kappa shape index (κ2) is 11.5. The van der Waals surface area contributed by atoms with Gasteiger partial charge in [0.15, 0.2) is 23.5 Å². The second-order valence-electron chi connectivity index (χ2n) is 8.04. The molecule has 8 heteroatoms. The molecule has 0 radical (unpaired) electrons. The molecule has 1 N–H and O–H groups in total. The van der Waals surface area contributed by atoms with Crippen LogP contribution in [0.2, 0.25) is 0 Å². The average molecular weight is 472 g/mol. The van der Waals surface area contributed by atoms with Gasteiger partial charge in [-0.2, -0.15) is 9.97 Å². The van der Waals surface area contributed by atoms with E-state index in [-0.39, 0.29) is 5.78 Å². The molecule has 8 nitrogen and oxygen atoms in total. The molecule has 180 valence electrons. The Labute approximate surface area is 204 Å². The highest BCUT2D eigenvalue weighted by Crippen LogP contribution is 2.31. The highest BCUT2D eigenvalue weighted by molar-refractivity contribution is 5.94. The number of benzene rings is 2. The number of hydrogen-bond donors (Lipinski definition) is 1. The van der Waals surface area contributed by atoms with Crippen molar-refractivity contribution in [2.45, 2.75) is 26.0 Å². The molecule has 0 bridgehead atoms. The van der Waals surface area contributed by atoms with E-state index in [2.05, 4.69) is 15.3 Å². The first-order chi connectivity index (χ1) is 17.1. The maximum Gasteiger partial charge on any atom is 0.226 e. The van der Waals surface area contributed by atoms with Crippen LogP contribution >= 0.6 is 0 Å². The summed E-state index contributed by atoms with van der Waals surface area (Å²) in [5.41, 5.74) is 3.39. The number of hydrogen-bond acceptors (Lipinski definition) is 8. The molecule has 2 heterocycles. The summed E-state index contributed by atoms with van der Waals surface area (Å²) < 4.78 is 5.78. The van der Waals surface area contributed by atoms with Crippen LogP contribution in [-0.2, 0) is 16.0 Å². The van der Waals surface area contributed by atoms with Crippen molar-refractivity contribution >= 4 is 28.6 Å². The number of carbonyl (C=O) groups excluding carboxylic acids is 1. The van der Waals surface area contributed by atoms with Gasteiger partial charge in [0.05, 0.1) is 12.5 Å². The minimum absolute atomic E-state index is 0.0733. The molecular weight excluding hydrogens is 442 g/mol. The van der Waals surface area contributed by atoms with E-state index in [4.69, 9.17) is 14.6 Å². The van der Waals surface area contributed by atoms with E-state index in [9.17, 15) is 4.79 Å². The number of aryl methyl sites for hydroxylation is 1. The number of methoxy groups -OCH3 is 1. The Hall–Kier alpha value is -3.88. The molecule has 2 aromatic heterocycles. The highest BCUT2D eigenvalue weighted by Gasteiger charge is 2.25. The SMILES string of the molecule is COC(c1ccccc1)N(OC)c1nc(NCCCc2ccc(C(C)=O)cc2)nc2ncccc12. The van der Waals surface area contributed by atoms with E-state index in [0.29, 0.717) is 24.0 Å². The Kier molecular flexibility index (Phi) is 7.97. The number of pyridine rings is 1. The molecule has 1 atom stereocenters. The number of ketones is 1. The number of nitrogens with zero attached hydrogens (tertiary/aromatic N) is 4. The van der Waals surface area contributed by atoms with Gasteiger partial charge >= 0.3 is 0 Å². The van der Waals surface area contributed by atoms with Crippen molar-refractivity contribution in [3.05, 3.63) is 89.6 Å². The lowest BCUT2D eigenvalue weighted by atomic mass is 10.1. The molecule has 4 aromatic rings. The summed E-state index contributed by atoms with van der Waals surface area (Å²) in [6.45, 7) is 2.25. The van der Waals surface area contributed by atoms with E-state index in [0.717, 1.165) is 29.4 Å². The number of ether oxygens (including phenoxy) is 1. The predicted octanol–water partition coefficient (Wildman–Crippen LogP) is 4.99. The second-order valence-corrected chi connectivity index (χ2v) is 8.04. The van der Waals surface area contributed by atoms with Crippen molar-refractivity contribution in [1.29, 1.82) is 0 Å². The van der Waals surface area contributed by atoms with E-state index < -0.39 is 6.23 Å². The van der Waals surface area contributed by atoms with Crippen LogP contribution in [0.1, 0.15) is 41.1 Å². The molecule has 0 saturated carbocycles. The molecule has 0 saturated heterocycles. The molecular formula is C27H29N5O3. The van der Waals surface area contributed by atoms with E-state index in [1.54, 1.807) is 32.4 Å². The number of Topliss-reactive ketones (excluding diaryl/α,β-unsaturated/α-hetero) is 1. The van der Waals surface area contributed by atoms with Crippen molar-refractivity contribution in [1.82, 2.24) is 15.0 Å². The van der Waals surface area contributed by atoms with Crippen LogP contribution in [0.5, 0.6) is 0 Å². The van der Waals surface area contributed by atoms with E-state index >= 15 is 0 Å². The fourth-order valence-corrected chi connectivity index (χ4v) is 3.87. The Balaban J connectivity index is 1.53. The lowest BCUT2D eigenvalue weighted by Crippen LogP contribution is -2.30. The zero-order valence-corrected chi connectivity index (χ0v) is 20.1. The molecule has 1 unspecified atom stereocenters. The number of rotatable bonds is 11. The largest absolute Gasteiger partial charge is 0.355 e.